The second-order valence-corrected chi connectivity index (χ2v) is 11.1. The number of nitrogens with one attached hydrogen (secondary N) is 1. The summed E-state index contributed by atoms with van der Waals surface area (Å²) < 4.78 is 24.3. The molecule has 5 heterocycles. The molecule has 1 unspecified atom stereocenters. The van der Waals surface area contributed by atoms with Gasteiger partial charge in [0.1, 0.15) is 22.9 Å². The highest BCUT2D eigenvalue weighted by atomic mass is 32.2. The fourth-order valence-corrected chi connectivity index (χ4v) is 6.55. The number of ether oxygens (including phenoxy) is 1. The Morgan fingerprint density at radius 3 is 2.57 bits per heavy atom. The molecule has 6 rings (SSSR count). The van der Waals surface area contributed by atoms with E-state index in [1.165, 1.54) is 0 Å². The number of benzene rings is 1. The first-order valence-electron chi connectivity index (χ1n) is 12.6. The highest BCUT2D eigenvalue weighted by Crippen LogP contribution is 2.36. The zero-order valence-electron chi connectivity index (χ0n) is 20.0. The van der Waals surface area contributed by atoms with Crippen LogP contribution >= 0.6 is 0 Å². The minimum Gasteiger partial charge on any atom is -0.611 e. The maximum atomic E-state index is 12.7. The number of aryl methyl sites for hydroxylation is 2. The summed E-state index contributed by atoms with van der Waals surface area (Å²) in [6, 6.07) is 10.5. The van der Waals surface area contributed by atoms with Gasteiger partial charge in [0.2, 0.25) is 10.8 Å². The number of aromatic nitrogens is 3. The third kappa shape index (κ3) is 4.64. The number of fused-ring (bicyclic) bond motifs is 1. The van der Waals surface area contributed by atoms with E-state index in [0.717, 1.165) is 104 Å². The molecule has 1 atom stereocenters. The molecule has 1 N–H and O–H groups in total. The SMILES string of the molecule is Cc1oc(C2CCN(c3nc4c(c(NC5CCOCC5)n3)[S+]([O-])CC4)CC2)nc1-c1ccccc1. The standard InChI is InChI=1S/C26H31N5O3S/c1-17-22(18-5-3-2-4-6-18)29-25(34-17)19-7-12-31(13-8-19)26-28-21-11-16-35(32)23(21)24(30-26)27-20-9-14-33-15-10-20/h2-6,19-20H,7-16H2,1H3,(H,27,28,30). The molecule has 0 radical (unpaired) electrons. The minimum atomic E-state index is -1.03. The van der Waals surface area contributed by atoms with Gasteiger partial charge in [0.25, 0.3) is 0 Å². The van der Waals surface area contributed by atoms with Crippen molar-refractivity contribution in [1.29, 1.82) is 0 Å². The van der Waals surface area contributed by atoms with E-state index in [1.54, 1.807) is 0 Å². The zero-order valence-corrected chi connectivity index (χ0v) is 20.9. The van der Waals surface area contributed by atoms with Crippen LogP contribution in [0.25, 0.3) is 11.3 Å². The fraction of sp³-hybridized carbons (Fsp3) is 0.500. The fourth-order valence-electron chi connectivity index (χ4n) is 5.24. The molecule has 3 aromatic rings. The molecule has 35 heavy (non-hydrogen) atoms. The van der Waals surface area contributed by atoms with Crippen LogP contribution in [0.4, 0.5) is 11.8 Å². The average molecular weight is 494 g/mol. The Hall–Kier alpha value is -2.62. The monoisotopic (exact) mass is 493 g/mol. The summed E-state index contributed by atoms with van der Waals surface area (Å²) in [5.41, 5.74) is 2.95. The Labute approximate surface area is 208 Å². The number of anilines is 2. The van der Waals surface area contributed by atoms with Gasteiger partial charge in [0, 0.05) is 50.2 Å². The van der Waals surface area contributed by atoms with Crippen LogP contribution in [0, 0.1) is 6.92 Å². The molecule has 1 aromatic carbocycles. The molecule has 2 fully saturated rings. The predicted molar refractivity (Wildman–Crippen MR) is 135 cm³/mol. The first-order valence-corrected chi connectivity index (χ1v) is 13.9. The van der Waals surface area contributed by atoms with E-state index >= 15 is 0 Å². The lowest BCUT2D eigenvalue weighted by atomic mass is 9.97. The summed E-state index contributed by atoms with van der Waals surface area (Å²) in [5, 5.41) is 3.57. The molecule has 8 nitrogen and oxygen atoms in total. The van der Waals surface area contributed by atoms with Crippen molar-refractivity contribution in [3.63, 3.8) is 0 Å². The quantitative estimate of drug-likeness (QED) is 0.531. The Morgan fingerprint density at radius 1 is 1.03 bits per heavy atom. The molecule has 0 saturated carbocycles. The van der Waals surface area contributed by atoms with Crippen LogP contribution in [0.3, 0.4) is 0 Å². The third-order valence-electron chi connectivity index (χ3n) is 7.23. The van der Waals surface area contributed by atoms with Gasteiger partial charge in [-0.05, 0) is 43.8 Å². The van der Waals surface area contributed by atoms with Crippen LogP contribution in [0.1, 0.15) is 48.9 Å². The van der Waals surface area contributed by atoms with Crippen molar-refractivity contribution in [3.8, 4) is 11.3 Å². The summed E-state index contributed by atoms with van der Waals surface area (Å²) in [7, 11) is 0. The molecule has 0 amide bonds. The van der Waals surface area contributed by atoms with Gasteiger partial charge >= 0.3 is 0 Å². The number of rotatable bonds is 5. The maximum absolute atomic E-state index is 12.7. The summed E-state index contributed by atoms with van der Waals surface area (Å²) in [4.78, 5) is 17.7. The van der Waals surface area contributed by atoms with Gasteiger partial charge in [-0.2, -0.15) is 4.98 Å². The molecule has 3 aliphatic rings. The van der Waals surface area contributed by atoms with Crippen LogP contribution < -0.4 is 10.2 Å². The lowest BCUT2D eigenvalue weighted by Gasteiger charge is -2.31. The number of hydrogen-bond donors (Lipinski definition) is 1. The minimum absolute atomic E-state index is 0.282. The third-order valence-corrected chi connectivity index (χ3v) is 8.68. The number of oxazole rings is 1. The lowest BCUT2D eigenvalue weighted by Crippen LogP contribution is -2.35. The first-order chi connectivity index (χ1) is 17.2. The molecular formula is C26H31N5O3S. The summed E-state index contributed by atoms with van der Waals surface area (Å²) in [5.74, 6) is 4.10. The van der Waals surface area contributed by atoms with Crippen molar-refractivity contribution in [1.82, 2.24) is 15.0 Å². The zero-order chi connectivity index (χ0) is 23.8. The molecule has 0 aliphatic carbocycles. The summed E-state index contributed by atoms with van der Waals surface area (Å²) >= 11 is -1.03. The Kier molecular flexibility index (Phi) is 6.39. The van der Waals surface area contributed by atoms with Crippen molar-refractivity contribution in [3.05, 3.63) is 47.7 Å². The van der Waals surface area contributed by atoms with Crippen molar-refractivity contribution >= 4 is 22.9 Å². The van der Waals surface area contributed by atoms with E-state index < -0.39 is 11.2 Å². The van der Waals surface area contributed by atoms with E-state index in [2.05, 4.69) is 22.3 Å². The van der Waals surface area contributed by atoms with E-state index in [0.29, 0.717) is 11.8 Å². The molecular weight excluding hydrogens is 462 g/mol. The molecule has 184 valence electrons. The highest BCUT2D eigenvalue weighted by molar-refractivity contribution is 7.91. The smallest absolute Gasteiger partial charge is 0.227 e. The molecule has 2 aromatic heterocycles. The predicted octanol–water partition coefficient (Wildman–Crippen LogP) is 4.08. The van der Waals surface area contributed by atoms with Crippen molar-refractivity contribution < 1.29 is 13.7 Å². The van der Waals surface area contributed by atoms with Gasteiger partial charge in [0.05, 0.1) is 0 Å². The van der Waals surface area contributed by atoms with Gasteiger partial charge in [-0.1, -0.05) is 30.3 Å². The summed E-state index contributed by atoms with van der Waals surface area (Å²) in [6.07, 6.45) is 4.49. The van der Waals surface area contributed by atoms with Crippen LogP contribution in [0.15, 0.2) is 39.6 Å². The second kappa shape index (κ2) is 9.79. The molecule has 3 aliphatic heterocycles. The van der Waals surface area contributed by atoms with Crippen molar-refractivity contribution in [2.75, 3.05) is 42.3 Å². The number of nitrogens with zero attached hydrogens (tertiary/aromatic N) is 4. The largest absolute Gasteiger partial charge is 0.611 e. The highest BCUT2D eigenvalue weighted by Gasteiger charge is 2.35. The average Bonchev–Trinajstić information content (AvgIpc) is 3.48. The van der Waals surface area contributed by atoms with Gasteiger partial charge in [-0.3, -0.25) is 0 Å². The number of hydrogen-bond acceptors (Lipinski definition) is 8. The van der Waals surface area contributed by atoms with E-state index in [-0.39, 0.29) is 5.92 Å². The van der Waals surface area contributed by atoms with Crippen LogP contribution in [0.2, 0.25) is 0 Å². The summed E-state index contributed by atoms with van der Waals surface area (Å²) in [6.45, 7) is 5.17. The Morgan fingerprint density at radius 2 is 1.80 bits per heavy atom. The second-order valence-electron chi connectivity index (χ2n) is 9.56. The van der Waals surface area contributed by atoms with Crippen molar-refractivity contribution in [2.45, 2.75) is 55.9 Å². The van der Waals surface area contributed by atoms with Crippen molar-refractivity contribution in [2.24, 2.45) is 0 Å². The van der Waals surface area contributed by atoms with E-state index in [4.69, 9.17) is 24.1 Å². The Balaban J connectivity index is 1.18. The van der Waals surface area contributed by atoms with Crippen LogP contribution in [-0.4, -0.2) is 57.6 Å². The molecule has 9 heteroatoms. The lowest BCUT2D eigenvalue weighted by molar-refractivity contribution is 0.0903. The first kappa shape index (κ1) is 22.8. The molecule has 0 spiro atoms. The van der Waals surface area contributed by atoms with Gasteiger partial charge < -0.3 is 23.9 Å². The van der Waals surface area contributed by atoms with Gasteiger partial charge in [-0.15, -0.1) is 0 Å². The molecule has 2 saturated heterocycles. The van der Waals surface area contributed by atoms with E-state index in [9.17, 15) is 4.55 Å². The number of piperidine rings is 1. The van der Waals surface area contributed by atoms with Crippen LogP contribution in [0.5, 0.6) is 0 Å². The maximum Gasteiger partial charge on any atom is 0.227 e. The van der Waals surface area contributed by atoms with Gasteiger partial charge in [-0.25, -0.2) is 9.97 Å². The topological polar surface area (TPSA) is 99.4 Å². The van der Waals surface area contributed by atoms with Gasteiger partial charge in [0.15, 0.2) is 11.7 Å². The van der Waals surface area contributed by atoms with E-state index in [1.807, 2.05) is 25.1 Å². The Bertz CT molecular complexity index is 1170. The van der Waals surface area contributed by atoms with Crippen LogP contribution in [-0.2, 0) is 22.3 Å². The molecule has 0 bridgehead atoms. The normalized spacial score (nSPS) is 21.3.